The molecule has 23 heavy (non-hydrogen) atoms. The van der Waals surface area contributed by atoms with Gasteiger partial charge in [-0.2, -0.15) is 5.10 Å². The van der Waals surface area contributed by atoms with Crippen LogP contribution in [0, 0.1) is 0 Å². The van der Waals surface area contributed by atoms with Crippen molar-refractivity contribution in [3.05, 3.63) is 53.2 Å². The number of nitrogens with zero attached hydrogens (tertiary/aromatic N) is 4. The zero-order valence-corrected chi connectivity index (χ0v) is 12.8. The number of carbonyl (C=O) groups excluding carboxylic acids is 1. The Hall–Kier alpha value is -2.96. The molecule has 0 bridgehead atoms. The molecule has 2 aromatic heterocycles. The van der Waals surface area contributed by atoms with E-state index in [4.69, 9.17) is 4.74 Å². The van der Waals surface area contributed by atoms with Crippen molar-refractivity contribution in [1.29, 1.82) is 0 Å². The summed E-state index contributed by atoms with van der Waals surface area (Å²) in [6.45, 7) is 3.59. The lowest BCUT2D eigenvalue weighted by Gasteiger charge is -2.13. The van der Waals surface area contributed by atoms with Crippen LogP contribution in [0.2, 0.25) is 0 Å². The van der Waals surface area contributed by atoms with Crippen LogP contribution in [0.3, 0.4) is 0 Å². The zero-order valence-electron chi connectivity index (χ0n) is 12.8. The van der Waals surface area contributed by atoms with Gasteiger partial charge < -0.3 is 4.74 Å². The van der Waals surface area contributed by atoms with Crippen LogP contribution in [0.25, 0.3) is 16.7 Å². The molecule has 0 saturated carbocycles. The summed E-state index contributed by atoms with van der Waals surface area (Å²) in [6, 6.07) is 8.68. The van der Waals surface area contributed by atoms with E-state index in [1.54, 1.807) is 18.5 Å². The van der Waals surface area contributed by atoms with E-state index in [9.17, 15) is 9.59 Å². The van der Waals surface area contributed by atoms with Crippen LogP contribution in [-0.2, 0) is 9.53 Å². The van der Waals surface area contributed by atoms with Gasteiger partial charge in [0, 0.05) is 0 Å². The lowest BCUT2D eigenvalue weighted by Crippen LogP contribution is -2.29. The number of aromatic nitrogens is 4. The molecule has 118 valence electrons. The van der Waals surface area contributed by atoms with Gasteiger partial charge in [-0.05, 0) is 26.0 Å². The maximum absolute atomic E-state index is 12.6. The van der Waals surface area contributed by atoms with Crippen LogP contribution in [0.1, 0.15) is 19.9 Å². The summed E-state index contributed by atoms with van der Waals surface area (Å²) in [5.41, 5.74) is 0.942. The molecule has 0 aliphatic rings. The van der Waals surface area contributed by atoms with Gasteiger partial charge in [-0.1, -0.05) is 18.2 Å². The van der Waals surface area contributed by atoms with Gasteiger partial charge in [-0.3, -0.25) is 9.36 Å². The fraction of sp³-hybridized carbons (Fsp3) is 0.250. The van der Waals surface area contributed by atoms with Crippen LogP contribution >= 0.6 is 0 Å². The first kappa shape index (κ1) is 15.0. The summed E-state index contributed by atoms with van der Waals surface area (Å²) in [6.07, 6.45) is 2.82. The van der Waals surface area contributed by atoms with E-state index >= 15 is 0 Å². The van der Waals surface area contributed by atoms with Crippen LogP contribution in [0.5, 0.6) is 0 Å². The minimum atomic E-state index is -0.737. The summed E-state index contributed by atoms with van der Waals surface area (Å²) < 4.78 is 7.81. The number of para-hydroxylation sites is 1. The van der Waals surface area contributed by atoms with Crippen LogP contribution < -0.4 is 5.56 Å². The topological polar surface area (TPSA) is 79.0 Å². The van der Waals surface area contributed by atoms with Crippen molar-refractivity contribution in [3.63, 3.8) is 0 Å². The molecule has 0 spiro atoms. The molecule has 0 fully saturated rings. The van der Waals surface area contributed by atoms with E-state index in [0.717, 1.165) is 5.69 Å². The average Bonchev–Trinajstić information content (AvgIpc) is 3.00. The highest BCUT2D eigenvalue weighted by Crippen LogP contribution is 2.14. The van der Waals surface area contributed by atoms with E-state index in [1.165, 1.54) is 17.1 Å². The van der Waals surface area contributed by atoms with Crippen molar-refractivity contribution in [3.8, 4) is 5.69 Å². The largest absolute Gasteiger partial charge is 0.464 e. The Morgan fingerprint density at radius 2 is 2.04 bits per heavy atom. The first-order chi connectivity index (χ1) is 11.1. The Labute approximate surface area is 132 Å². The van der Waals surface area contributed by atoms with Crippen LogP contribution in [-0.4, -0.2) is 31.9 Å². The number of carbonyl (C=O) groups is 1. The van der Waals surface area contributed by atoms with Crippen LogP contribution in [0.15, 0.2) is 47.7 Å². The van der Waals surface area contributed by atoms with Gasteiger partial charge in [-0.25, -0.2) is 14.5 Å². The van der Waals surface area contributed by atoms with E-state index in [2.05, 4.69) is 10.1 Å². The number of hydrogen-bond donors (Lipinski definition) is 0. The van der Waals surface area contributed by atoms with Crippen molar-refractivity contribution in [2.45, 2.75) is 19.9 Å². The van der Waals surface area contributed by atoms with Gasteiger partial charge in [0.05, 0.1) is 18.5 Å². The summed E-state index contributed by atoms with van der Waals surface area (Å²) >= 11 is 0. The van der Waals surface area contributed by atoms with E-state index in [1.807, 2.05) is 30.3 Å². The van der Waals surface area contributed by atoms with Crippen molar-refractivity contribution in [2.24, 2.45) is 0 Å². The molecule has 1 aromatic carbocycles. The Morgan fingerprint density at radius 1 is 1.30 bits per heavy atom. The second-order valence-electron chi connectivity index (χ2n) is 5.01. The molecule has 0 aliphatic carbocycles. The highest BCUT2D eigenvalue weighted by molar-refractivity contribution is 5.77. The van der Waals surface area contributed by atoms with Gasteiger partial charge in [0.1, 0.15) is 17.8 Å². The average molecular weight is 312 g/mol. The predicted molar refractivity (Wildman–Crippen MR) is 84.5 cm³/mol. The maximum atomic E-state index is 12.6. The van der Waals surface area contributed by atoms with Gasteiger partial charge >= 0.3 is 5.97 Å². The third-order valence-electron chi connectivity index (χ3n) is 3.56. The number of rotatable bonds is 4. The number of esters is 1. The molecule has 3 aromatic rings. The molecule has 0 saturated heterocycles. The molecule has 0 radical (unpaired) electrons. The summed E-state index contributed by atoms with van der Waals surface area (Å²) in [7, 11) is 0. The molecule has 0 unspecified atom stereocenters. The molecule has 7 heteroatoms. The Bertz CT molecular complexity index is 899. The quantitative estimate of drug-likeness (QED) is 0.685. The fourth-order valence-electron chi connectivity index (χ4n) is 2.34. The molecule has 2 heterocycles. The summed E-state index contributed by atoms with van der Waals surface area (Å²) in [5, 5.41) is 4.59. The smallest absolute Gasteiger partial charge is 0.328 e. The highest BCUT2D eigenvalue weighted by atomic mass is 16.5. The number of fused-ring (bicyclic) bond motifs is 1. The first-order valence-electron chi connectivity index (χ1n) is 7.30. The lowest BCUT2D eigenvalue weighted by atomic mass is 10.3. The van der Waals surface area contributed by atoms with Crippen molar-refractivity contribution in [1.82, 2.24) is 19.3 Å². The molecule has 3 rings (SSSR count). The second-order valence-corrected chi connectivity index (χ2v) is 5.01. The van der Waals surface area contributed by atoms with E-state index in [0.29, 0.717) is 11.0 Å². The zero-order chi connectivity index (χ0) is 16.4. The number of benzene rings is 1. The fourth-order valence-corrected chi connectivity index (χ4v) is 2.34. The third kappa shape index (κ3) is 2.61. The second kappa shape index (κ2) is 6.04. The standard InChI is InChI=1S/C16H16N4O3/c1-3-23-16(22)11(2)19-10-17-14-13(15(19)21)9-18-20(14)12-7-5-4-6-8-12/h4-11H,3H2,1-2H3/t11-/m1/s1. The normalized spacial score (nSPS) is 12.3. The SMILES string of the molecule is CCOC(=O)[C@@H](C)n1cnc2c(cnn2-c2ccccc2)c1=O. The lowest BCUT2D eigenvalue weighted by molar-refractivity contribution is -0.146. The van der Waals surface area contributed by atoms with Gasteiger partial charge in [0.2, 0.25) is 0 Å². The van der Waals surface area contributed by atoms with Crippen LogP contribution in [0.4, 0.5) is 0 Å². The molecule has 0 N–H and O–H groups in total. The molecular formula is C16H16N4O3. The summed E-state index contributed by atoms with van der Waals surface area (Å²) in [5.74, 6) is -0.466. The number of hydrogen-bond acceptors (Lipinski definition) is 5. The van der Waals surface area contributed by atoms with Gasteiger partial charge in [-0.15, -0.1) is 0 Å². The highest BCUT2D eigenvalue weighted by Gasteiger charge is 2.20. The van der Waals surface area contributed by atoms with Gasteiger partial charge in [0.15, 0.2) is 5.65 Å². The number of ether oxygens (including phenoxy) is 1. The predicted octanol–water partition coefficient (Wildman–Crippen LogP) is 1.71. The van der Waals surface area contributed by atoms with E-state index in [-0.39, 0.29) is 12.2 Å². The maximum Gasteiger partial charge on any atom is 0.328 e. The van der Waals surface area contributed by atoms with E-state index < -0.39 is 12.0 Å². The minimum Gasteiger partial charge on any atom is -0.464 e. The Balaban J connectivity index is 2.08. The Morgan fingerprint density at radius 3 is 2.74 bits per heavy atom. The van der Waals surface area contributed by atoms with Gasteiger partial charge in [0.25, 0.3) is 5.56 Å². The van der Waals surface area contributed by atoms with Crippen molar-refractivity contribution >= 4 is 17.0 Å². The summed E-state index contributed by atoms with van der Waals surface area (Å²) in [4.78, 5) is 28.7. The first-order valence-corrected chi connectivity index (χ1v) is 7.30. The molecular weight excluding hydrogens is 296 g/mol. The molecule has 0 aliphatic heterocycles. The monoisotopic (exact) mass is 312 g/mol. The van der Waals surface area contributed by atoms with Crippen molar-refractivity contribution < 1.29 is 9.53 Å². The van der Waals surface area contributed by atoms with Crippen molar-refractivity contribution in [2.75, 3.05) is 6.61 Å². The minimum absolute atomic E-state index is 0.263. The molecule has 1 atom stereocenters. The molecule has 7 nitrogen and oxygen atoms in total. The molecule has 0 amide bonds. The third-order valence-corrected chi connectivity index (χ3v) is 3.56. The Kier molecular flexibility index (Phi) is 3.92.